The quantitative estimate of drug-likeness (QED) is 0.398. The highest BCUT2D eigenvalue weighted by atomic mass is 19.1. The molecule has 1 fully saturated rings. The first-order valence-electron chi connectivity index (χ1n) is 11.5. The molecule has 1 aliphatic heterocycles. The van der Waals surface area contributed by atoms with Gasteiger partial charge in [0.15, 0.2) is 17.4 Å². The first-order chi connectivity index (χ1) is 16.4. The predicted molar refractivity (Wildman–Crippen MR) is 129 cm³/mol. The number of aromatic nitrogens is 2. The summed E-state index contributed by atoms with van der Waals surface area (Å²) in [5.74, 6) is -2.25. The van der Waals surface area contributed by atoms with Gasteiger partial charge in [-0.25, -0.2) is 8.78 Å². The highest BCUT2D eigenvalue weighted by molar-refractivity contribution is 5.82. The van der Waals surface area contributed by atoms with Gasteiger partial charge in [-0.3, -0.25) is 9.80 Å². The number of para-hydroxylation sites is 1. The Kier molecular flexibility index (Phi) is 5.63. The van der Waals surface area contributed by atoms with E-state index in [2.05, 4.69) is 13.8 Å². The van der Waals surface area contributed by atoms with E-state index in [-0.39, 0.29) is 22.9 Å². The van der Waals surface area contributed by atoms with E-state index in [1.165, 1.54) is 4.68 Å². The molecule has 1 aromatic heterocycles. The summed E-state index contributed by atoms with van der Waals surface area (Å²) >= 11 is 0. The van der Waals surface area contributed by atoms with Crippen molar-refractivity contribution in [3.63, 3.8) is 0 Å². The van der Waals surface area contributed by atoms with Gasteiger partial charge in [-0.1, -0.05) is 62.4 Å². The third kappa shape index (κ3) is 3.95. The van der Waals surface area contributed by atoms with Crippen LogP contribution in [0.5, 0.6) is 5.75 Å². The smallest absolute Gasteiger partial charge is 0.281 e. The molecule has 5 rings (SSSR count). The van der Waals surface area contributed by atoms with Crippen LogP contribution in [0.15, 0.2) is 71.5 Å². The molecular formula is C27H27F2N3O2. The van der Waals surface area contributed by atoms with Crippen LogP contribution in [0.25, 0.3) is 16.6 Å². The number of ether oxygens (including phenoxy) is 1. The van der Waals surface area contributed by atoms with Crippen LogP contribution in [0.3, 0.4) is 0 Å². The van der Waals surface area contributed by atoms with E-state index in [0.29, 0.717) is 18.8 Å². The van der Waals surface area contributed by atoms with Gasteiger partial charge in [-0.05, 0) is 42.0 Å². The molecule has 176 valence electrons. The van der Waals surface area contributed by atoms with Gasteiger partial charge in [0.1, 0.15) is 12.1 Å². The highest BCUT2D eigenvalue weighted by Crippen LogP contribution is 2.33. The molecule has 7 heteroatoms. The molecule has 1 saturated heterocycles. The molecule has 5 nitrogen and oxygen atoms in total. The van der Waals surface area contributed by atoms with Gasteiger partial charge in [0.25, 0.3) is 5.56 Å². The molecule has 0 amide bonds. The Morgan fingerprint density at radius 3 is 2.21 bits per heavy atom. The van der Waals surface area contributed by atoms with E-state index >= 15 is 8.78 Å². The number of piperidine rings is 1. The minimum Gasteiger partial charge on any atom is -0.483 e. The maximum Gasteiger partial charge on any atom is 0.281 e. The number of hydrogen-bond donors (Lipinski definition) is 0. The second kappa shape index (κ2) is 8.63. The molecule has 3 aromatic carbocycles. The van der Waals surface area contributed by atoms with Gasteiger partial charge in [0.05, 0.1) is 11.1 Å². The van der Waals surface area contributed by atoms with Crippen molar-refractivity contribution in [1.82, 2.24) is 9.47 Å². The number of benzene rings is 3. The third-order valence-electron chi connectivity index (χ3n) is 6.55. The first kappa shape index (κ1) is 22.2. The van der Waals surface area contributed by atoms with Crippen LogP contribution in [0.1, 0.15) is 32.3 Å². The van der Waals surface area contributed by atoms with Crippen LogP contribution < -0.4 is 15.3 Å². The zero-order valence-electron chi connectivity index (χ0n) is 19.3. The normalized spacial score (nSPS) is 15.6. The molecule has 0 saturated carbocycles. The second-order valence-electron chi connectivity index (χ2n) is 9.53. The average Bonchev–Trinajstić information content (AvgIpc) is 3.12. The van der Waals surface area contributed by atoms with E-state index in [4.69, 9.17) is 4.74 Å². The van der Waals surface area contributed by atoms with E-state index in [9.17, 15) is 4.79 Å². The SMILES string of the molecule is CC1(C)CCN(n2c3c(F)c(OCc4ccccc4)c(F)cc3c(=O)n2-c2ccccc2)CC1. The Hall–Kier alpha value is -3.61. The molecular weight excluding hydrogens is 436 g/mol. The molecule has 0 spiro atoms. The first-order valence-corrected chi connectivity index (χ1v) is 11.5. The van der Waals surface area contributed by atoms with Crippen molar-refractivity contribution in [1.29, 1.82) is 0 Å². The fourth-order valence-corrected chi connectivity index (χ4v) is 4.47. The van der Waals surface area contributed by atoms with Crippen LogP contribution in [-0.4, -0.2) is 22.6 Å². The summed E-state index contributed by atoms with van der Waals surface area (Å²) in [5.41, 5.74) is 1.09. The molecule has 34 heavy (non-hydrogen) atoms. The lowest BCUT2D eigenvalue weighted by Crippen LogP contribution is -2.47. The highest BCUT2D eigenvalue weighted by Gasteiger charge is 2.31. The monoisotopic (exact) mass is 463 g/mol. The van der Waals surface area contributed by atoms with E-state index in [1.807, 2.05) is 53.5 Å². The van der Waals surface area contributed by atoms with Crippen molar-refractivity contribution in [3.05, 3.63) is 94.3 Å². The number of fused-ring (bicyclic) bond motifs is 1. The molecule has 0 atom stereocenters. The lowest BCUT2D eigenvalue weighted by Gasteiger charge is -2.39. The molecule has 0 aliphatic carbocycles. The van der Waals surface area contributed by atoms with Crippen molar-refractivity contribution in [2.75, 3.05) is 18.1 Å². The van der Waals surface area contributed by atoms with Crippen molar-refractivity contribution in [2.24, 2.45) is 5.41 Å². The van der Waals surface area contributed by atoms with E-state index in [1.54, 1.807) is 16.9 Å². The molecule has 0 radical (unpaired) electrons. The van der Waals surface area contributed by atoms with Crippen molar-refractivity contribution in [2.45, 2.75) is 33.3 Å². The molecule has 0 bridgehead atoms. The Balaban J connectivity index is 1.68. The van der Waals surface area contributed by atoms with Crippen molar-refractivity contribution in [3.8, 4) is 11.4 Å². The largest absolute Gasteiger partial charge is 0.483 e. The lowest BCUT2D eigenvalue weighted by molar-refractivity contribution is 0.248. The predicted octanol–water partition coefficient (Wildman–Crippen LogP) is 5.41. The molecule has 4 aromatic rings. The van der Waals surface area contributed by atoms with Gasteiger partial charge in [0.2, 0.25) is 0 Å². The Morgan fingerprint density at radius 1 is 0.941 bits per heavy atom. The Bertz CT molecular complexity index is 1370. The fraction of sp³-hybridized carbons (Fsp3) is 0.296. The number of halogens is 2. The summed E-state index contributed by atoms with van der Waals surface area (Å²) in [6.07, 6.45) is 1.77. The third-order valence-corrected chi connectivity index (χ3v) is 6.55. The minimum absolute atomic E-state index is 0.0156. The fourth-order valence-electron chi connectivity index (χ4n) is 4.47. The molecule has 2 heterocycles. The Morgan fingerprint density at radius 2 is 1.56 bits per heavy atom. The standard InChI is InChI=1S/C27H27F2N3O2/c1-27(2)13-15-30(16-14-27)32-24-21(26(33)31(32)20-11-7-4-8-12-20)17-22(28)25(23(24)29)34-18-19-9-5-3-6-10-19/h3-12,17H,13-16,18H2,1-2H3. The van der Waals surface area contributed by atoms with Crippen LogP contribution in [0.4, 0.5) is 8.78 Å². The summed E-state index contributed by atoms with van der Waals surface area (Å²) in [7, 11) is 0. The minimum atomic E-state index is -0.893. The molecule has 0 N–H and O–H groups in total. The van der Waals surface area contributed by atoms with E-state index in [0.717, 1.165) is 24.5 Å². The van der Waals surface area contributed by atoms with Gasteiger partial charge >= 0.3 is 0 Å². The van der Waals surface area contributed by atoms with Crippen LogP contribution in [0.2, 0.25) is 0 Å². The Labute approximate surface area is 196 Å². The van der Waals surface area contributed by atoms with Gasteiger partial charge in [-0.2, -0.15) is 9.47 Å². The van der Waals surface area contributed by atoms with Gasteiger partial charge < -0.3 is 4.74 Å². The van der Waals surface area contributed by atoms with E-state index < -0.39 is 22.9 Å². The maximum absolute atomic E-state index is 15.9. The maximum atomic E-state index is 15.9. The summed E-state index contributed by atoms with van der Waals surface area (Å²) in [6.45, 7) is 5.70. The topological polar surface area (TPSA) is 39.4 Å². The van der Waals surface area contributed by atoms with Crippen LogP contribution in [0, 0.1) is 17.0 Å². The van der Waals surface area contributed by atoms with Gasteiger partial charge in [0, 0.05) is 13.1 Å². The van der Waals surface area contributed by atoms with Crippen LogP contribution >= 0.6 is 0 Å². The summed E-state index contributed by atoms with van der Waals surface area (Å²) in [6, 6.07) is 19.3. The summed E-state index contributed by atoms with van der Waals surface area (Å²) in [4.78, 5) is 15.0. The van der Waals surface area contributed by atoms with Crippen molar-refractivity contribution < 1.29 is 13.5 Å². The van der Waals surface area contributed by atoms with Crippen molar-refractivity contribution >= 4 is 10.9 Å². The number of hydrogen-bond acceptors (Lipinski definition) is 3. The van der Waals surface area contributed by atoms with Crippen LogP contribution in [-0.2, 0) is 6.61 Å². The number of rotatable bonds is 5. The lowest BCUT2D eigenvalue weighted by atomic mass is 9.83. The zero-order valence-corrected chi connectivity index (χ0v) is 19.3. The second-order valence-corrected chi connectivity index (χ2v) is 9.53. The summed E-state index contributed by atoms with van der Waals surface area (Å²) < 4.78 is 38.0. The average molecular weight is 464 g/mol. The molecule has 1 aliphatic rings. The number of nitrogens with zero attached hydrogens (tertiary/aromatic N) is 3. The zero-order chi connectivity index (χ0) is 23.9. The van der Waals surface area contributed by atoms with Gasteiger partial charge in [-0.15, -0.1) is 0 Å². The molecule has 0 unspecified atom stereocenters. The summed E-state index contributed by atoms with van der Waals surface area (Å²) in [5, 5.41) is 1.94.